The van der Waals surface area contributed by atoms with E-state index in [9.17, 15) is 4.39 Å². The summed E-state index contributed by atoms with van der Waals surface area (Å²) in [5.41, 5.74) is 0.261. The fraction of sp³-hybridized carbons (Fsp3) is 0.385. The average molecular weight is 312 g/mol. The van der Waals surface area contributed by atoms with E-state index in [1.807, 2.05) is 38.1 Å². The Bertz CT molecular complexity index is 551. The molecule has 1 aromatic carbocycles. The van der Waals surface area contributed by atoms with Crippen LogP contribution in [0.3, 0.4) is 0 Å². The number of nitrogens with zero attached hydrogens (tertiary/aromatic N) is 3. The first-order chi connectivity index (χ1) is 8.43. The van der Waals surface area contributed by atoms with Crippen molar-refractivity contribution in [2.75, 3.05) is 0 Å². The van der Waals surface area contributed by atoms with Crippen LogP contribution in [0.2, 0.25) is 0 Å². The molecule has 0 fully saturated rings. The predicted molar refractivity (Wildman–Crippen MR) is 72.0 cm³/mol. The maximum Gasteiger partial charge on any atom is 0.169 e. The lowest BCUT2D eigenvalue weighted by atomic mass is 9.80. The molecule has 0 aliphatic rings. The average Bonchev–Trinajstić information content (AvgIpc) is 2.74. The summed E-state index contributed by atoms with van der Waals surface area (Å²) in [6.07, 6.45) is 0.304. The van der Waals surface area contributed by atoms with E-state index in [0.29, 0.717) is 5.82 Å². The molecule has 18 heavy (non-hydrogen) atoms. The number of aryl methyl sites for hydroxylation is 1. The molecule has 96 valence electrons. The fourth-order valence-corrected chi connectivity index (χ4v) is 2.28. The number of aromatic nitrogens is 3. The zero-order chi connectivity index (χ0) is 13.3. The molecule has 1 heterocycles. The third-order valence-corrected chi connectivity index (χ3v) is 3.67. The van der Waals surface area contributed by atoms with Gasteiger partial charge in [-0.15, -0.1) is 10.2 Å². The molecule has 2 rings (SSSR count). The quantitative estimate of drug-likeness (QED) is 0.867. The molecule has 0 saturated carbocycles. The minimum atomic E-state index is -1.21. The van der Waals surface area contributed by atoms with Crippen LogP contribution in [0.4, 0.5) is 4.39 Å². The Morgan fingerprint density at radius 1 is 1.39 bits per heavy atom. The molecule has 1 unspecified atom stereocenters. The van der Waals surface area contributed by atoms with Crippen molar-refractivity contribution in [1.29, 1.82) is 0 Å². The summed E-state index contributed by atoms with van der Waals surface area (Å²) in [4.78, 5) is 0. The molecule has 0 N–H and O–H groups in total. The smallest absolute Gasteiger partial charge is 0.169 e. The second-order valence-corrected chi connectivity index (χ2v) is 5.81. The van der Waals surface area contributed by atoms with E-state index < -0.39 is 11.6 Å². The number of hydrogen-bond donors (Lipinski definition) is 0. The van der Waals surface area contributed by atoms with E-state index in [-0.39, 0.29) is 0 Å². The third-order valence-electron chi connectivity index (χ3n) is 3.18. The third kappa shape index (κ3) is 2.32. The van der Waals surface area contributed by atoms with Crippen LogP contribution in [0, 0.1) is 0 Å². The Balaban J connectivity index is 2.39. The Labute approximate surface area is 114 Å². The summed E-state index contributed by atoms with van der Waals surface area (Å²) in [7, 11) is 1.75. The molecular formula is C13H15BrFN3. The van der Waals surface area contributed by atoms with Crippen LogP contribution in [-0.2, 0) is 12.5 Å². The number of rotatable bonds is 3. The van der Waals surface area contributed by atoms with Crippen LogP contribution in [0.25, 0.3) is 0 Å². The van der Waals surface area contributed by atoms with E-state index in [4.69, 9.17) is 0 Å². The standard InChI is InChI=1S/C13H15BrFN3/c1-13(2,9-5-4-6-10(14)7-9)11(15)12-17-16-8-18(12)3/h4-8,11H,1-3H3. The summed E-state index contributed by atoms with van der Waals surface area (Å²) in [5.74, 6) is 0.347. The summed E-state index contributed by atoms with van der Waals surface area (Å²) in [6.45, 7) is 3.74. The van der Waals surface area contributed by atoms with Crippen LogP contribution in [0.5, 0.6) is 0 Å². The van der Waals surface area contributed by atoms with Gasteiger partial charge >= 0.3 is 0 Å². The largest absolute Gasteiger partial charge is 0.318 e. The first-order valence-corrected chi connectivity index (χ1v) is 6.46. The van der Waals surface area contributed by atoms with E-state index in [0.717, 1.165) is 10.0 Å². The predicted octanol–water partition coefficient (Wildman–Crippen LogP) is 3.57. The van der Waals surface area contributed by atoms with Gasteiger partial charge in [-0.1, -0.05) is 41.9 Å². The highest BCUT2D eigenvalue weighted by molar-refractivity contribution is 9.10. The van der Waals surface area contributed by atoms with Gasteiger partial charge in [-0.3, -0.25) is 0 Å². The highest BCUT2D eigenvalue weighted by Crippen LogP contribution is 2.39. The zero-order valence-electron chi connectivity index (χ0n) is 10.6. The summed E-state index contributed by atoms with van der Waals surface area (Å²) in [6, 6.07) is 7.69. The molecule has 0 aliphatic carbocycles. The summed E-state index contributed by atoms with van der Waals surface area (Å²) >= 11 is 3.41. The molecule has 1 atom stereocenters. The number of halogens is 2. The van der Waals surface area contributed by atoms with Gasteiger partial charge in [0.1, 0.15) is 6.33 Å². The fourth-order valence-electron chi connectivity index (χ4n) is 1.88. The van der Waals surface area contributed by atoms with Crippen molar-refractivity contribution in [3.63, 3.8) is 0 Å². The Hall–Kier alpha value is -1.23. The molecule has 0 bridgehead atoms. The van der Waals surface area contributed by atoms with E-state index in [2.05, 4.69) is 26.1 Å². The molecule has 1 aromatic heterocycles. The molecule has 0 amide bonds. The normalized spacial score (nSPS) is 13.6. The molecule has 2 aromatic rings. The Kier molecular flexibility index (Phi) is 3.52. The van der Waals surface area contributed by atoms with Gasteiger partial charge in [0.25, 0.3) is 0 Å². The molecule has 3 nitrogen and oxygen atoms in total. The first-order valence-electron chi connectivity index (χ1n) is 5.67. The van der Waals surface area contributed by atoms with Crippen molar-refractivity contribution in [2.24, 2.45) is 7.05 Å². The molecule has 5 heteroatoms. The van der Waals surface area contributed by atoms with Gasteiger partial charge in [0.2, 0.25) is 0 Å². The second kappa shape index (κ2) is 4.80. The van der Waals surface area contributed by atoms with Gasteiger partial charge in [0.05, 0.1) is 0 Å². The van der Waals surface area contributed by atoms with Crippen molar-refractivity contribution in [2.45, 2.75) is 25.4 Å². The topological polar surface area (TPSA) is 30.7 Å². The Morgan fingerprint density at radius 3 is 2.67 bits per heavy atom. The molecule has 0 aliphatic heterocycles. The minimum absolute atomic E-state index is 0.347. The van der Waals surface area contributed by atoms with Gasteiger partial charge in [-0.2, -0.15) is 0 Å². The van der Waals surface area contributed by atoms with Crippen molar-refractivity contribution < 1.29 is 4.39 Å². The molecular weight excluding hydrogens is 297 g/mol. The van der Waals surface area contributed by atoms with Crippen LogP contribution >= 0.6 is 15.9 Å². The lowest BCUT2D eigenvalue weighted by molar-refractivity contribution is 0.203. The monoisotopic (exact) mass is 311 g/mol. The zero-order valence-corrected chi connectivity index (χ0v) is 12.1. The number of alkyl halides is 1. The maximum absolute atomic E-state index is 14.7. The number of benzene rings is 1. The van der Waals surface area contributed by atoms with Crippen molar-refractivity contribution in [1.82, 2.24) is 14.8 Å². The van der Waals surface area contributed by atoms with Crippen LogP contribution in [-0.4, -0.2) is 14.8 Å². The van der Waals surface area contributed by atoms with Crippen LogP contribution in [0.1, 0.15) is 31.4 Å². The van der Waals surface area contributed by atoms with Crippen molar-refractivity contribution in [3.05, 3.63) is 46.5 Å². The van der Waals surface area contributed by atoms with Gasteiger partial charge < -0.3 is 4.57 Å². The summed E-state index contributed by atoms with van der Waals surface area (Å²) in [5, 5.41) is 7.59. The second-order valence-electron chi connectivity index (χ2n) is 4.89. The summed E-state index contributed by atoms with van der Waals surface area (Å²) < 4.78 is 17.2. The van der Waals surface area contributed by atoms with Crippen molar-refractivity contribution in [3.8, 4) is 0 Å². The van der Waals surface area contributed by atoms with Gasteiger partial charge in [-0.05, 0) is 17.7 Å². The van der Waals surface area contributed by atoms with Crippen LogP contribution < -0.4 is 0 Å². The van der Waals surface area contributed by atoms with Crippen molar-refractivity contribution >= 4 is 15.9 Å². The lowest BCUT2D eigenvalue weighted by Crippen LogP contribution is -2.26. The first kappa shape index (κ1) is 13.2. The van der Waals surface area contributed by atoms with E-state index in [1.165, 1.54) is 6.33 Å². The SMILES string of the molecule is Cn1cnnc1C(F)C(C)(C)c1cccc(Br)c1. The van der Waals surface area contributed by atoms with E-state index >= 15 is 0 Å². The van der Waals surface area contributed by atoms with Crippen LogP contribution in [0.15, 0.2) is 35.1 Å². The molecule has 0 saturated heterocycles. The van der Waals surface area contributed by atoms with E-state index in [1.54, 1.807) is 11.6 Å². The van der Waals surface area contributed by atoms with Gasteiger partial charge in [-0.25, -0.2) is 4.39 Å². The van der Waals surface area contributed by atoms with Gasteiger partial charge in [0.15, 0.2) is 12.0 Å². The van der Waals surface area contributed by atoms with Gasteiger partial charge in [0, 0.05) is 16.9 Å². The Morgan fingerprint density at radius 2 is 2.11 bits per heavy atom. The molecule has 0 spiro atoms. The highest BCUT2D eigenvalue weighted by Gasteiger charge is 2.35. The molecule has 0 radical (unpaired) electrons. The minimum Gasteiger partial charge on any atom is -0.318 e. The lowest BCUT2D eigenvalue weighted by Gasteiger charge is -2.28. The highest BCUT2D eigenvalue weighted by atomic mass is 79.9. The number of hydrogen-bond acceptors (Lipinski definition) is 2. The maximum atomic E-state index is 14.7.